The fraction of sp³-hybridized carbons (Fsp3) is 0.500. The standard InChI is InChI=1S/C32H42N4O3/c1-32(2,3)26-11-9-23(10-12-26)30-21-27(34-39-30)19-25-22-33-14-13-24(25)20-31(37)36-17-15-35(16-18-36)28-7-5-6-8-29(28)38-4/h5-12,21,24-25,33H,13-20,22H2,1-4H3. The number of piperazine rings is 1. The van der Waals surface area contributed by atoms with Gasteiger partial charge in [-0.3, -0.25) is 4.79 Å². The second kappa shape index (κ2) is 11.8. The van der Waals surface area contributed by atoms with Gasteiger partial charge < -0.3 is 24.4 Å². The zero-order valence-electron chi connectivity index (χ0n) is 23.8. The molecule has 2 atom stereocenters. The van der Waals surface area contributed by atoms with Gasteiger partial charge in [0.15, 0.2) is 5.76 Å². The van der Waals surface area contributed by atoms with Gasteiger partial charge in [-0.2, -0.15) is 0 Å². The van der Waals surface area contributed by atoms with Gasteiger partial charge in [0, 0.05) is 44.2 Å². The number of amides is 1. The third-order valence-corrected chi connectivity index (χ3v) is 8.33. The lowest BCUT2D eigenvalue weighted by Crippen LogP contribution is -2.50. The topological polar surface area (TPSA) is 70.8 Å². The van der Waals surface area contributed by atoms with Crippen molar-refractivity contribution in [3.8, 4) is 17.1 Å². The van der Waals surface area contributed by atoms with E-state index in [9.17, 15) is 4.79 Å². The summed E-state index contributed by atoms with van der Waals surface area (Å²) < 4.78 is 11.3. The molecule has 1 aromatic heterocycles. The SMILES string of the molecule is COc1ccccc1N1CCN(C(=O)CC2CCNCC2Cc2cc(-c3ccc(C(C)(C)C)cc3)on2)CC1. The number of rotatable bonds is 7. The highest BCUT2D eigenvalue weighted by atomic mass is 16.5. The molecule has 0 spiro atoms. The number of carbonyl (C=O) groups is 1. The molecule has 7 heteroatoms. The molecule has 2 aliphatic heterocycles. The van der Waals surface area contributed by atoms with Crippen molar-refractivity contribution in [2.24, 2.45) is 11.8 Å². The van der Waals surface area contributed by atoms with Crippen LogP contribution in [0.15, 0.2) is 59.1 Å². The van der Waals surface area contributed by atoms with Crippen molar-refractivity contribution in [2.45, 2.75) is 45.4 Å². The average molecular weight is 531 g/mol. The Morgan fingerprint density at radius 3 is 2.51 bits per heavy atom. The fourth-order valence-corrected chi connectivity index (χ4v) is 5.87. The Morgan fingerprint density at radius 1 is 1.05 bits per heavy atom. The first-order valence-electron chi connectivity index (χ1n) is 14.2. The van der Waals surface area contributed by atoms with Crippen molar-refractivity contribution in [1.29, 1.82) is 0 Å². The average Bonchev–Trinajstić information content (AvgIpc) is 3.42. The minimum absolute atomic E-state index is 0.120. The van der Waals surface area contributed by atoms with Gasteiger partial charge in [0.1, 0.15) is 5.75 Å². The summed E-state index contributed by atoms with van der Waals surface area (Å²) in [5.41, 5.74) is 4.52. The number of nitrogens with zero attached hydrogens (tertiary/aromatic N) is 3. The third kappa shape index (κ3) is 6.47. The minimum atomic E-state index is 0.120. The molecule has 0 radical (unpaired) electrons. The predicted molar refractivity (Wildman–Crippen MR) is 155 cm³/mol. The van der Waals surface area contributed by atoms with Gasteiger partial charge in [-0.1, -0.05) is 62.3 Å². The van der Waals surface area contributed by atoms with Crippen LogP contribution in [0.5, 0.6) is 5.75 Å². The van der Waals surface area contributed by atoms with Gasteiger partial charge in [-0.15, -0.1) is 0 Å². The van der Waals surface area contributed by atoms with E-state index < -0.39 is 0 Å². The number of nitrogens with one attached hydrogen (secondary N) is 1. The second-order valence-corrected chi connectivity index (χ2v) is 12.0. The Balaban J connectivity index is 1.17. The molecule has 2 saturated heterocycles. The Labute approximate surface area is 232 Å². The number of hydrogen-bond donors (Lipinski definition) is 1. The summed E-state index contributed by atoms with van der Waals surface area (Å²) in [4.78, 5) is 17.7. The molecule has 0 bridgehead atoms. The number of carbonyl (C=O) groups excluding carboxylic acids is 1. The number of aromatic nitrogens is 1. The van der Waals surface area contributed by atoms with Crippen molar-refractivity contribution >= 4 is 11.6 Å². The highest BCUT2D eigenvalue weighted by Crippen LogP contribution is 2.31. The van der Waals surface area contributed by atoms with Crippen molar-refractivity contribution in [2.75, 3.05) is 51.3 Å². The van der Waals surface area contributed by atoms with Crippen LogP contribution < -0.4 is 15.0 Å². The first kappa shape index (κ1) is 27.3. The molecular weight excluding hydrogens is 488 g/mol. The normalized spacial score (nSPS) is 20.2. The molecule has 3 aromatic rings. The molecule has 3 heterocycles. The summed E-state index contributed by atoms with van der Waals surface area (Å²) in [5, 5.41) is 7.93. The smallest absolute Gasteiger partial charge is 0.222 e. The maximum atomic E-state index is 13.3. The van der Waals surface area contributed by atoms with Gasteiger partial charge in [0.05, 0.1) is 18.5 Å². The highest BCUT2D eigenvalue weighted by Gasteiger charge is 2.31. The van der Waals surface area contributed by atoms with Crippen molar-refractivity contribution in [1.82, 2.24) is 15.4 Å². The van der Waals surface area contributed by atoms with Gasteiger partial charge in [0.2, 0.25) is 5.91 Å². The van der Waals surface area contributed by atoms with Crippen molar-refractivity contribution in [3.05, 3.63) is 65.9 Å². The molecule has 39 heavy (non-hydrogen) atoms. The third-order valence-electron chi connectivity index (χ3n) is 8.33. The van der Waals surface area contributed by atoms with Crippen LogP contribution in [0.4, 0.5) is 5.69 Å². The van der Waals surface area contributed by atoms with Crippen LogP contribution in [-0.4, -0.2) is 62.3 Å². The monoisotopic (exact) mass is 530 g/mol. The number of ether oxygens (including phenoxy) is 1. The van der Waals surface area contributed by atoms with E-state index in [1.165, 1.54) is 5.56 Å². The van der Waals surface area contributed by atoms with Gasteiger partial charge >= 0.3 is 0 Å². The first-order chi connectivity index (χ1) is 18.8. The molecule has 1 N–H and O–H groups in total. The molecule has 2 aliphatic rings. The van der Waals surface area contributed by atoms with Gasteiger partial charge in [-0.25, -0.2) is 0 Å². The van der Waals surface area contributed by atoms with E-state index in [1.54, 1.807) is 7.11 Å². The van der Waals surface area contributed by atoms with E-state index in [2.05, 4.69) is 72.5 Å². The van der Waals surface area contributed by atoms with E-state index in [-0.39, 0.29) is 11.3 Å². The van der Waals surface area contributed by atoms with E-state index in [1.807, 2.05) is 23.1 Å². The molecule has 2 aromatic carbocycles. The first-order valence-corrected chi connectivity index (χ1v) is 14.2. The number of anilines is 1. The van der Waals surface area contributed by atoms with Crippen LogP contribution in [0, 0.1) is 11.8 Å². The van der Waals surface area contributed by atoms with Crippen LogP contribution in [0.1, 0.15) is 44.9 Å². The quantitative estimate of drug-likeness (QED) is 0.455. The zero-order chi connectivity index (χ0) is 27.4. The van der Waals surface area contributed by atoms with Crippen molar-refractivity contribution in [3.63, 3.8) is 0 Å². The summed E-state index contributed by atoms with van der Waals surface area (Å²) in [5.74, 6) is 2.66. The number of piperidine rings is 1. The van der Waals surface area contributed by atoms with E-state index in [0.29, 0.717) is 18.3 Å². The highest BCUT2D eigenvalue weighted by molar-refractivity contribution is 5.77. The number of hydrogen-bond acceptors (Lipinski definition) is 6. The molecular formula is C32H42N4O3. The molecule has 208 valence electrons. The minimum Gasteiger partial charge on any atom is -0.495 e. The van der Waals surface area contributed by atoms with Crippen LogP contribution in [0.25, 0.3) is 11.3 Å². The number of para-hydroxylation sites is 2. The summed E-state index contributed by atoms with van der Waals surface area (Å²) in [7, 11) is 1.71. The molecule has 2 unspecified atom stereocenters. The van der Waals surface area contributed by atoms with Crippen LogP contribution >= 0.6 is 0 Å². The van der Waals surface area contributed by atoms with E-state index >= 15 is 0 Å². The summed E-state index contributed by atoms with van der Waals surface area (Å²) in [6.07, 6.45) is 2.42. The Hall–Kier alpha value is -3.32. The number of methoxy groups -OCH3 is 1. The Bertz CT molecular complexity index is 1240. The summed E-state index contributed by atoms with van der Waals surface area (Å²) in [6, 6.07) is 18.7. The van der Waals surface area contributed by atoms with Crippen LogP contribution in [0.3, 0.4) is 0 Å². The summed E-state index contributed by atoms with van der Waals surface area (Å²) in [6.45, 7) is 11.6. The predicted octanol–water partition coefficient (Wildman–Crippen LogP) is 5.15. The number of benzene rings is 2. The Kier molecular flexibility index (Phi) is 8.26. The van der Waals surface area contributed by atoms with Crippen molar-refractivity contribution < 1.29 is 14.1 Å². The molecule has 5 rings (SSSR count). The lowest BCUT2D eigenvalue weighted by Gasteiger charge is -2.38. The van der Waals surface area contributed by atoms with Crippen LogP contribution in [-0.2, 0) is 16.6 Å². The molecule has 7 nitrogen and oxygen atoms in total. The molecule has 0 saturated carbocycles. The van der Waals surface area contributed by atoms with Gasteiger partial charge in [-0.05, 0) is 60.9 Å². The summed E-state index contributed by atoms with van der Waals surface area (Å²) >= 11 is 0. The Morgan fingerprint density at radius 2 is 1.79 bits per heavy atom. The fourth-order valence-electron chi connectivity index (χ4n) is 5.87. The molecule has 1 amide bonds. The largest absolute Gasteiger partial charge is 0.495 e. The lowest BCUT2D eigenvalue weighted by atomic mass is 9.81. The second-order valence-electron chi connectivity index (χ2n) is 12.0. The lowest BCUT2D eigenvalue weighted by molar-refractivity contribution is -0.133. The van der Waals surface area contributed by atoms with E-state index in [4.69, 9.17) is 9.26 Å². The molecule has 2 fully saturated rings. The van der Waals surface area contributed by atoms with Gasteiger partial charge in [0.25, 0.3) is 0 Å². The van der Waals surface area contributed by atoms with E-state index in [0.717, 1.165) is 80.6 Å². The molecule has 0 aliphatic carbocycles. The maximum Gasteiger partial charge on any atom is 0.222 e. The zero-order valence-corrected chi connectivity index (χ0v) is 23.8. The maximum absolute atomic E-state index is 13.3. The van der Waals surface area contributed by atoms with Crippen LogP contribution in [0.2, 0.25) is 0 Å².